The lowest BCUT2D eigenvalue weighted by Gasteiger charge is -2.39. The van der Waals surface area contributed by atoms with Crippen molar-refractivity contribution in [1.82, 2.24) is 0 Å². The van der Waals surface area contributed by atoms with Gasteiger partial charge in [0.1, 0.15) is 5.60 Å². The first kappa shape index (κ1) is 17.0. The second-order valence-electron chi connectivity index (χ2n) is 6.66. The van der Waals surface area contributed by atoms with Crippen LogP contribution in [0, 0.1) is 0 Å². The minimum absolute atomic E-state index is 0.165. The molecule has 2 aromatic rings. The van der Waals surface area contributed by atoms with Crippen LogP contribution in [0.25, 0.3) is 0 Å². The number of carbonyl (C=O) groups excluding carboxylic acids is 1. The average Bonchev–Trinajstić information content (AvgIpc) is 3.03. The summed E-state index contributed by atoms with van der Waals surface area (Å²) in [6.07, 6.45) is -0.375. The Morgan fingerprint density at radius 1 is 1.00 bits per heavy atom. The molecule has 26 heavy (non-hydrogen) atoms. The fourth-order valence-electron chi connectivity index (χ4n) is 3.98. The van der Waals surface area contributed by atoms with E-state index in [1.54, 1.807) is 6.92 Å². The number of hydrogen-bond donors (Lipinski definition) is 0. The molecule has 1 heterocycles. The van der Waals surface area contributed by atoms with E-state index in [0.29, 0.717) is 17.9 Å². The molecule has 1 aliphatic carbocycles. The molecular weight excluding hydrogens is 328 g/mol. The molecule has 134 valence electrons. The van der Waals surface area contributed by atoms with E-state index in [-0.39, 0.29) is 11.9 Å². The molecule has 0 bridgehead atoms. The van der Waals surface area contributed by atoms with Crippen molar-refractivity contribution in [1.29, 1.82) is 0 Å². The summed E-state index contributed by atoms with van der Waals surface area (Å²) in [5.41, 5.74) is 1.57. The summed E-state index contributed by atoms with van der Waals surface area (Å²) >= 11 is 0. The molecule has 0 radical (unpaired) electrons. The van der Waals surface area contributed by atoms with Crippen LogP contribution in [0.2, 0.25) is 0 Å². The van der Waals surface area contributed by atoms with E-state index in [2.05, 4.69) is 0 Å². The molecule has 4 heteroatoms. The highest BCUT2D eigenvalue weighted by Crippen LogP contribution is 2.55. The van der Waals surface area contributed by atoms with Crippen LogP contribution in [0.3, 0.4) is 0 Å². The van der Waals surface area contributed by atoms with E-state index >= 15 is 0 Å². The quantitative estimate of drug-likeness (QED) is 0.837. The Balaban J connectivity index is 1.88. The van der Waals surface area contributed by atoms with Gasteiger partial charge in [-0.3, -0.25) is 4.79 Å². The maximum Gasteiger partial charge on any atom is 0.295 e. The molecular formula is C22H22O4. The van der Waals surface area contributed by atoms with Crippen LogP contribution in [-0.2, 0) is 24.6 Å². The molecule has 1 saturated heterocycles. The number of carbonyl (C=O) groups is 1. The van der Waals surface area contributed by atoms with Gasteiger partial charge in [-0.05, 0) is 31.9 Å². The van der Waals surface area contributed by atoms with Crippen molar-refractivity contribution in [3.63, 3.8) is 0 Å². The van der Waals surface area contributed by atoms with Gasteiger partial charge in [-0.2, -0.15) is 0 Å². The Kier molecular flexibility index (Phi) is 3.98. The van der Waals surface area contributed by atoms with E-state index in [9.17, 15) is 4.79 Å². The third kappa shape index (κ3) is 2.12. The molecule has 2 aromatic carbocycles. The van der Waals surface area contributed by atoms with Gasteiger partial charge in [-0.15, -0.1) is 0 Å². The van der Waals surface area contributed by atoms with Gasteiger partial charge in [-0.1, -0.05) is 60.7 Å². The Labute approximate surface area is 153 Å². The zero-order chi connectivity index (χ0) is 18.4. The van der Waals surface area contributed by atoms with Crippen LogP contribution in [0.4, 0.5) is 0 Å². The summed E-state index contributed by atoms with van der Waals surface area (Å²) in [5, 5.41) is 0. The van der Waals surface area contributed by atoms with Gasteiger partial charge in [0.25, 0.3) is 5.79 Å². The normalized spacial score (nSPS) is 26.9. The van der Waals surface area contributed by atoms with Gasteiger partial charge in [0.2, 0.25) is 5.78 Å². The topological polar surface area (TPSA) is 44.8 Å². The van der Waals surface area contributed by atoms with Crippen LogP contribution in [0.5, 0.6) is 0 Å². The summed E-state index contributed by atoms with van der Waals surface area (Å²) in [6, 6.07) is 19.8. The minimum Gasteiger partial charge on any atom is -0.492 e. The second-order valence-corrected chi connectivity index (χ2v) is 6.66. The maximum absolute atomic E-state index is 12.8. The number of Topliss-reactive ketones (excluding diaryl/α,β-unsaturated/α-hetero) is 1. The molecule has 0 saturated carbocycles. The van der Waals surface area contributed by atoms with Crippen molar-refractivity contribution in [2.75, 3.05) is 6.61 Å². The molecule has 4 nitrogen and oxygen atoms in total. The minimum atomic E-state index is -1.45. The average molecular weight is 350 g/mol. The largest absolute Gasteiger partial charge is 0.492 e. The molecule has 0 N–H and O–H groups in total. The SMILES string of the molecule is CCOC1=C(C)C(=O)[C@@]12O[C@H](C)C(c1ccccc1)(c1ccccc1)O2. The zero-order valence-corrected chi connectivity index (χ0v) is 15.2. The van der Waals surface area contributed by atoms with Crippen molar-refractivity contribution in [2.45, 2.75) is 38.3 Å². The Morgan fingerprint density at radius 2 is 1.54 bits per heavy atom. The maximum atomic E-state index is 12.8. The third-order valence-corrected chi connectivity index (χ3v) is 5.19. The van der Waals surface area contributed by atoms with Crippen molar-refractivity contribution in [2.24, 2.45) is 0 Å². The van der Waals surface area contributed by atoms with E-state index < -0.39 is 11.4 Å². The van der Waals surface area contributed by atoms with Gasteiger partial charge in [-0.25, -0.2) is 0 Å². The van der Waals surface area contributed by atoms with Gasteiger partial charge >= 0.3 is 0 Å². The summed E-state index contributed by atoms with van der Waals surface area (Å²) < 4.78 is 18.5. The number of benzene rings is 2. The van der Waals surface area contributed by atoms with Gasteiger partial charge in [0.15, 0.2) is 5.76 Å². The van der Waals surface area contributed by atoms with Crippen molar-refractivity contribution in [3.05, 3.63) is 83.1 Å². The molecule has 0 aromatic heterocycles. The van der Waals surface area contributed by atoms with E-state index in [1.165, 1.54) is 0 Å². The highest BCUT2D eigenvalue weighted by molar-refractivity contribution is 6.10. The predicted octanol–water partition coefficient (Wildman–Crippen LogP) is 3.96. The lowest BCUT2D eigenvalue weighted by molar-refractivity contribution is -0.201. The zero-order valence-electron chi connectivity index (χ0n) is 15.2. The first-order valence-corrected chi connectivity index (χ1v) is 8.94. The Bertz CT molecular complexity index is 817. The summed E-state index contributed by atoms with van der Waals surface area (Å²) in [5.74, 6) is -1.13. The standard InChI is InChI=1S/C22H22O4/c1-4-24-20-15(2)19(23)22(20)25-16(3)21(26-22,17-11-7-5-8-12-17)18-13-9-6-10-14-18/h5-14,16H,4H2,1-3H3/t16-,22+/m1/s1. The summed E-state index contributed by atoms with van der Waals surface area (Å²) in [6.45, 7) is 6.03. The summed E-state index contributed by atoms with van der Waals surface area (Å²) in [4.78, 5) is 12.8. The highest BCUT2D eigenvalue weighted by Gasteiger charge is 2.68. The van der Waals surface area contributed by atoms with Gasteiger partial charge < -0.3 is 14.2 Å². The smallest absolute Gasteiger partial charge is 0.295 e. The van der Waals surface area contributed by atoms with Crippen LogP contribution < -0.4 is 0 Å². The first-order chi connectivity index (χ1) is 12.6. The molecule has 1 aliphatic heterocycles. The number of ketones is 1. The molecule has 1 fully saturated rings. The van der Waals surface area contributed by atoms with E-state index in [1.807, 2.05) is 74.5 Å². The van der Waals surface area contributed by atoms with E-state index in [4.69, 9.17) is 14.2 Å². The number of ether oxygens (including phenoxy) is 3. The fourth-order valence-corrected chi connectivity index (χ4v) is 3.98. The Morgan fingerprint density at radius 3 is 2.04 bits per heavy atom. The lowest BCUT2D eigenvalue weighted by Crippen LogP contribution is -2.53. The van der Waals surface area contributed by atoms with Crippen LogP contribution in [-0.4, -0.2) is 24.3 Å². The molecule has 2 aliphatic rings. The molecule has 1 spiro atoms. The second kappa shape index (κ2) is 6.08. The number of rotatable bonds is 4. The lowest BCUT2D eigenvalue weighted by atomic mass is 9.82. The highest BCUT2D eigenvalue weighted by atomic mass is 16.8. The monoisotopic (exact) mass is 350 g/mol. The molecule has 0 unspecified atom stereocenters. The fraction of sp³-hybridized carbons (Fsp3) is 0.318. The van der Waals surface area contributed by atoms with Crippen LogP contribution >= 0.6 is 0 Å². The van der Waals surface area contributed by atoms with Crippen LogP contribution in [0.1, 0.15) is 31.9 Å². The van der Waals surface area contributed by atoms with Gasteiger partial charge in [0, 0.05) is 5.57 Å². The van der Waals surface area contributed by atoms with Gasteiger partial charge in [0.05, 0.1) is 12.7 Å². The summed E-state index contributed by atoms with van der Waals surface area (Å²) in [7, 11) is 0. The van der Waals surface area contributed by atoms with Crippen LogP contribution in [0.15, 0.2) is 72.0 Å². The molecule has 2 atom stereocenters. The predicted molar refractivity (Wildman–Crippen MR) is 97.4 cm³/mol. The van der Waals surface area contributed by atoms with Crippen molar-refractivity contribution >= 4 is 5.78 Å². The third-order valence-electron chi connectivity index (χ3n) is 5.19. The van der Waals surface area contributed by atoms with Crippen molar-refractivity contribution in [3.8, 4) is 0 Å². The molecule has 4 rings (SSSR count). The molecule has 0 amide bonds. The van der Waals surface area contributed by atoms with Crippen molar-refractivity contribution < 1.29 is 19.0 Å². The first-order valence-electron chi connectivity index (χ1n) is 8.94. The van der Waals surface area contributed by atoms with E-state index in [0.717, 1.165) is 11.1 Å². The Hall–Kier alpha value is -2.43. The number of hydrogen-bond acceptors (Lipinski definition) is 4.